The van der Waals surface area contributed by atoms with Gasteiger partial charge in [-0.2, -0.15) is 0 Å². The lowest BCUT2D eigenvalue weighted by Gasteiger charge is -2.21. The standard InChI is InChI=1S/C15H20ClNO4/c1-5-20-12-6-10(8-18)11(16)7-13(12)21-9-14(19)17-15(2,3)4/h6-8H,5,9H2,1-4H3,(H,17,19). The van der Waals surface area contributed by atoms with E-state index in [4.69, 9.17) is 21.1 Å². The predicted octanol–water partition coefficient (Wildman–Crippen LogP) is 2.84. The molecule has 0 saturated heterocycles. The number of nitrogens with one attached hydrogen (secondary N) is 1. The lowest BCUT2D eigenvalue weighted by Crippen LogP contribution is -2.43. The van der Waals surface area contributed by atoms with Crippen molar-refractivity contribution < 1.29 is 19.1 Å². The van der Waals surface area contributed by atoms with Gasteiger partial charge in [-0.1, -0.05) is 11.6 Å². The Kier molecular flexibility index (Phi) is 6.03. The number of carbonyl (C=O) groups is 2. The van der Waals surface area contributed by atoms with Crippen LogP contribution in [0.5, 0.6) is 11.5 Å². The van der Waals surface area contributed by atoms with Crippen molar-refractivity contribution in [3.8, 4) is 11.5 Å². The van der Waals surface area contributed by atoms with Gasteiger partial charge in [0.25, 0.3) is 5.91 Å². The average molecular weight is 314 g/mol. The number of carbonyl (C=O) groups excluding carboxylic acids is 2. The van der Waals surface area contributed by atoms with Crippen LogP contribution >= 0.6 is 11.6 Å². The van der Waals surface area contributed by atoms with E-state index in [1.54, 1.807) is 0 Å². The maximum atomic E-state index is 11.7. The minimum Gasteiger partial charge on any atom is -0.490 e. The summed E-state index contributed by atoms with van der Waals surface area (Å²) >= 11 is 5.96. The van der Waals surface area contributed by atoms with Crippen molar-refractivity contribution in [2.75, 3.05) is 13.2 Å². The molecular formula is C15H20ClNO4. The highest BCUT2D eigenvalue weighted by atomic mass is 35.5. The summed E-state index contributed by atoms with van der Waals surface area (Å²) in [4.78, 5) is 22.6. The first-order valence-corrected chi connectivity index (χ1v) is 7.00. The SMILES string of the molecule is CCOc1cc(C=O)c(Cl)cc1OCC(=O)NC(C)(C)C. The molecule has 0 atom stereocenters. The molecule has 116 valence electrons. The number of benzene rings is 1. The van der Waals surface area contributed by atoms with E-state index in [1.807, 2.05) is 27.7 Å². The van der Waals surface area contributed by atoms with Gasteiger partial charge in [0.05, 0.1) is 11.6 Å². The fourth-order valence-corrected chi connectivity index (χ4v) is 1.82. The molecule has 0 aromatic heterocycles. The van der Waals surface area contributed by atoms with Gasteiger partial charge in [-0.3, -0.25) is 9.59 Å². The molecule has 1 rings (SSSR count). The van der Waals surface area contributed by atoms with Gasteiger partial charge in [-0.15, -0.1) is 0 Å². The van der Waals surface area contributed by atoms with Crippen LogP contribution in [0.1, 0.15) is 38.1 Å². The highest BCUT2D eigenvalue weighted by molar-refractivity contribution is 6.33. The van der Waals surface area contributed by atoms with Crippen molar-refractivity contribution in [3.63, 3.8) is 0 Å². The maximum absolute atomic E-state index is 11.7. The zero-order chi connectivity index (χ0) is 16.0. The van der Waals surface area contributed by atoms with Crippen LogP contribution < -0.4 is 14.8 Å². The molecular weight excluding hydrogens is 294 g/mol. The van der Waals surface area contributed by atoms with Gasteiger partial charge in [0.2, 0.25) is 0 Å². The van der Waals surface area contributed by atoms with E-state index in [0.29, 0.717) is 30.0 Å². The number of ether oxygens (including phenoxy) is 2. The molecule has 0 aliphatic carbocycles. The van der Waals surface area contributed by atoms with Crippen LogP contribution in [-0.4, -0.2) is 30.9 Å². The van der Waals surface area contributed by atoms with Crippen molar-refractivity contribution in [2.45, 2.75) is 33.2 Å². The third-order valence-corrected chi connectivity index (χ3v) is 2.69. The van der Waals surface area contributed by atoms with E-state index in [9.17, 15) is 9.59 Å². The molecule has 0 aliphatic rings. The third-order valence-electron chi connectivity index (χ3n) is 2.36. The topological polar surface area (TPSA) is 64.6 Å². The van der Waals surface area contributed by atoms with Crippen molar-refractivity contribution in [3.05, 3.63) is 22.7 Å². The maximum Gasteiger partial charge on any atom is 0.258 e. The van der Waals surface area contributed by atoms with Crippen molar-refractivity contribution in [1.29, 1.82) is 0 Å². The Morgan fingerprint density at radius 1 is 1.29 bits per heavy atom. The summed E-state index contributed by atoms with van der Waals surface area (Å²) < 4.78 is 10.8. The Bertz CT molecular complexity index is 523. The second kappa shape index (κ2) is 7.31. The van der Waals surface area contributed by atoms with Crippen LogP contribution in [0.4, 0.5) is 0 Å². The molecule has 0 aliphatic heterocycles. The number of aldehydes is 1. The van der Waals surface area contributed by atoms with Crippen molar-refractivity contribution in [2.24, 2.45) is 0 Å². The minimum atomic E-state index is -0.331. The highest BCUT2D eigenvalue weighted by Gasteiger charge is 2.16. The predicted molar refractivity (Wildman–Crippen MR) is 81.4 cm³/mol. The molecule has 6 heteroatoms. The smallest absolute Gasteiger partial charge is 0.258 e. The lowest BCUT2D eigenvalue weighted by molar-refractivity contribution is -0.124. The van der Waals surface area contributed by atoms with Gasteiger partial charge in [-0.05, 0) is 33.8 Å². The van der Waals surface area contributed by atoms with Crippen LogP contribution in [0, 0.1) is 0 Å². The monoisotopic (exact) mass is 313 g/mol. The Labute approximate surface area is 129 Å². The summed E-state index contributed by atoms with van der Waals surface area (Å²) in [5.41, 5.74) is -0.0195. The molecule has 1 aromatic carbocycles. The van der Waals surface area contributed by atoms with Crippen molar-refractivity contribution >= 4 is 23.8 Å². The van der Waals surface area contributed by atoms with E-state index >= 15 is 0 Å². The fraction of sp³-hybridized carbons (Fsp3) is 0.467. The first kappa shape index (κ1) is 17.3. The molecule has 0 unspecified atom stereocenters. The van der Waals surface area contributed by atoms with Gasteiger partial charge >= 0.3 is 0 Å². The second-order valence-corrected chi connectivity index (χ2v) is 5.87. The second-order valence-electron chi connectivity index (χ2n) is 5.46. The van der Waals surface area contributed by atoms with E-state index in [2.05, 4.69) is 5.32 Å². The average Bonchev–Trinajstić information content (AvgIpc) is 2.36. The molecule has 1 N–H and O–H groups in total. The normalized spacial score (nSPS) is 10.9. The van der Waals surface area contributed by atoms with Gasteiger partial charge in [-0.25, -0.2) is 0 Å². The Balaban J connectivity index is 2.84. The van der Waals surface area contributed by atoms with Gasteiger partial charge in [0.15, 0.2) is 24.4 Å². The van der Waals surface area contributed by atoms with E-state index < -0.39 is 0 Å². The van der Waals surface area contributed by atoms with Crippen LogP contribution in [0.25, 0.3) is 0 Å². The minimum absolute atomic E-state index is 0.159. The quantitative estimate of drug-likeness (QED) is 0.820. The van der Waals surface area contributed by atoms with Gasteiger partial charge in [0.1, 0.15) is 0 Å². The van der Waals surface area contributed by atoms with Crippen LogP contribution in [0.15, 0.2) is 12.1 Å². The molecule has 0 radical (unpaired) electrons. The lowest BCUT2D eigenvalue weighted by atomic mass is 10.1. The zero-order valence-corrected chi connectivity index (χ0v) is 13.4. The Morgan fingerprint density at radius 2 is 1.90 bits per heavy atom. The molecule has 1 aromatic rings. The van der Waals surface area contributed by atoms with Gasteiger partial charge < -0.3 is 14.8 Å². The molecule has 0 fully saturated rings. The third kappa shape index (κ3) is 5.63. The summed E-state index contributed by atoms with van der Waals surface area (Å²) in [5.74, 6) is 0.463. The summed E-state index contributed by atoms with van der Waals surface area (Å²) in [6.07, 6.45) is 0.640. The number of amides is 1. The summed E-state index contributed by atoms with van der Waals surface area (Å²) in [5, 5.41) is 3.03. The van der Waals surface area contributed by atoms with E-state index in [-0.39, 0.29) is 23.1 Å². The largest absolute Gasteiger partial charge is 0.490 e. The number of hydrogen-bond acceptors (Lipinski definition) is 4. The van der Waals surface area contributed by atoms with Crippen molar-refractivity contribution in [1.82, 2.24) is 5.32 Å². The summed E-state index contributed by atoms with van der Waals surface area (Å²) in [7, 11) is 0. The van der Waals surface area contributed by atoms with E-state index in [0.717, 1.165) is 0 Å². The first-order valence-electron chi connectivity index (χ1n) is 6.62. The molecule has 5 nitrogen and oxygen atoms in total. The molecule has 0 spiro atoms. The summed E-state index contributed by atoms with van der Waals surface area (Å²) in [6.45, 7) is 7.70. The highest BCUT2D eigenvalue weighted by Crippen LogP contribution is 2.33. The molecule has 0 saturated carbocycles. The number of hydrogen-bond donors (Lipinski definition) is 1. The van der Waals surface area contributed by atoms with Crippen LogP contribution in [0.3, 0.4) is 0 Å². The van der Waals surface area contributed by atoms with Gasteiger partial charge in [0, 0.05) is 17.2 Å². The van der Waals surface area contributed by atoms with E-state index in [1.165, 1.54) is 12.1 Å². The molecule has 0 bridgehead atoms. The van der Waals surface area contributed by atoms with Crippen LogP contribution in [-0.2, 0) is 4.79 Å². The Morgan fingerprint density at radius 3 is 2.43 bits per heavy atom. The fourth-order valence-electron chi connectivity index (χ4n) is 1.62. The summed E-state index contributed by atoms with van der Waals surface area (Å²) in [6, 6.07) is 2.97. The Hall–Kier alpha value is -1.75. The molecule has 21 heavy (non-hydrogen) atoms. The zero-order valence-electron chi connectivity index (χ0n) is 12.7. The molecule has 0 heterocycles. The van der Waals surface area contributed by atoms with Crippen LogP contribution in [0.2, 0.25) is 5.02 Å². The first-order chi connectivity index (χ1) is 9.76. The number of halogens is 1. The number of rotatable bonds is 6. The molecule has 1 amide bonds.